The van der Waals surface area contributed by atoms with Crippen LogP contribution in [-0.2, 0) is 27.9 Å². The predicted octanol–water partition coefficient (Wildman–Crippen LogP) is 3.59. The highest BCUT2D eigenvalue weighted by Crippen LogP contribution is 2.23. The number of nitrogens with two attached hydrogens (primary N) is 1. The predicted molar refractivity (Wildman–Crippen MR) is 111 cm³/mol. The zero-order valence-electron chi connectivity index (χ0n) is 16.4. The zero-order valence-corrected chi connectivity index (χ0v) is 17.2. The lowest BCUT2D eigenvalue weighted by molar-refractivity contribution is 0.0424. The molecule has 2 aromatic carbocycles. The molecule has 2 heterocycles. The van der Waals surface area contributed by atoms with Crippen molar-refractivity contribution >= 4 is 38.0 Å². The number of para-hydroxylation sites is 1. The smallest absolute Gasteiger partial charge is 0.374 e. The van der Waals surface area contributed by atoms with Gasteiger partial charge in [0, 0.05) is 11.9 Å². The number of aromatic nitrogens is 2. The van der Waals surface area contributed by atoms with Gasteiger partial charge in [0.2, 0.25) is 15.8 Å². The van der Waals surface area contributed by atoms with Crippen molar-refractivity contribution in [2.45, 2.75) is 37.8 Å². The van der Waals surface area contributed by atoms with Gasteiger partial charge in [-0.2, -0.15) is 0 Å². The van der Waals surface area contributed by atoms with Crippen LogP contribution in [0.1, 0.15) is 36.1 Å². The van der Waals surface area contributed by atoms with Crippen molar-refractivity contribution in [3.63, 3.8) is 0 Å². The summed E-state index contributed by atoms with van der Waals surface area (Å²) >= 11 is 0. The van der Waals surface area contributed by atoms with Crippen LogP contribution in [-0.4, -0.2) is 23.9 Å². The van der Waals surface area contributed by atoms with Crippen LogP contribution in [0.5, 0.6) is 0 Å². The molecular formula is C21H21N3O5S. The lowest BCUT2D eigenvalue weighted by Gasteiger charge is -2.09. The van der Waals surface area contributed by atoms with Crippen LogP contribution in [0.2, 0.25) is 0 Å². The van der Waals surface area contributed by atoms with Gasteiger partial charge in [-0.3, -0.25) is 0 Å². The van der Waals surface area contributed by atoms with E-state index in [0.717, 1.165) is 23.7 Å². The van der Waals surface area contributed by atoms with Crippen molar-refractivity contribution in [1.82, 2.24) is 9.55 Å². The Morgan fingerprint density at radius 2 is 2.00 bits per heavy atom. The molecule has 0 bridgehead atoms. The molecule has 0 fully saturated rings. The second-order valence-electron chi connectivity index (χ2n) is 6.95. The molecule has 0 aliphatic heterocycles. The quantitative estimate of drug-likeness (QED) is 0.450. The van der Waals surface area contributed by atoms with Gasteiger partial charge in [-0.15, -0.1) is 0 Å². The van der Waals surface area contributed by atoms with Gasteiger partial charge in [0.1, 0.15) is 18.0 Å². The summed E-state index contributed by atoms with van der Waals surface area (Å²) in [5, 5.41) is 6.04. The van der Waals surface area contributed by atoms with Crippen LogP contribution in [0, 0.1) is 0 Å². The van der Waals surface area contributed by atoms with Crippen LogP contribution in [0.4, 0.5) is 0 Å². The van der Waals surface area contributed by atoms with Gasteiger partial charge in [0.05, 0.1) is 15.9 Å². The highest BCUT2D eigenvalue weighted by molar-refractivity contribution is 7.89. The van der Waals surface area contributed by atoms with Crippen LogP contribution in [0.3, 0.4) is 0 Å². The van der Waals surface area contributed by atoms with E-state index in [-0.39, 0.29) is 17.3 Å². The van der Waals surface area contributed by atoms with E-state index in [1.54, 1.807) is 18.2 Å². The first-order chi connectivity index (χ1) is 14.4. The third-order valence-electron chi connectivity index (χ3n) is 4.82. The molecule has 2 aromatic heterocycles. The Morgan fingerprint density at radius 1 is 1.20 bits per heavy atom. The summed E-state index contributed by atoms with van der Waals surface area (Å²) in [5.74, 6) is 0.0453. The number of imidazole rings is 1. The van der Waals surface area contributed by atoms with Crippen molar-refractivity contribution in [3.8, 4) is 0 Å². The number of furan rings is 1. The minimum atomic E-state index is -3.84. The molecule has 0 radical (unpaired) electrons. The number of hydrogen-bond donors (Lipinski definition) is 1. The van der Waals surface area contributed by atoms with Gasteiger partial charge >= 0.3 is 5.97 Å². The Morgan fingerprint density at radius 3 is 2.73 bits per heavy atom. The maximum absolute atomic E-state index is 12.5. The summed E-state index contributed by atoms with van der Waals surface area (Å²) in [6.45, 7) is 2.66. The van der Waals surface area contributed by atoms with Crippen molar-refractivity contribution in [3.05, 3.63) is 60.1 Å². The molecule has 4 rings (SSSR count). The summed E-state index contributed by atoms with van der Waals surface area (Å²) in [6.07, 6.45) is 1.86. The normalized spacial score (nSPS) is 11.9. The van der Waals surface area contributed by atoms with Crippen LogP contribution >= 0.6 is 0 Å². The van der Waals surface area contributed by atoms with Crippen molar-refractivity contribution < 1.29 is 22.4 Å². The van der Waals surface area contributed by atoms with E-state index in [0.29, 0.717) is 23.5 Å². The molecule has 0 saturated carbocycles. The summed E-state index contributed by atoms with van der Waals surface area (Å²) in [5.41, 5.74) is 1.84. The first-order valence-electron chi connectivity index (χ1n) is 9.54. The third kappa shape index (κ3) is 3.94. The number of nitrogens with zero attached hydrogens (tertiary/aromatic N) is 2. The second-order valence-corrected chi connectivity index (χ2v) is 8.51. The summed E-state index contributed by atoms with van der Waals surface area (Å²) in [6, 6.07) is 13.5. The Bertz CT molecular complexity index is 1300. The number of carbonyl (C=O) groups excluding carboxylic acids is 1. The number of fused-ring (bicyclic) bond motifs is 2. The van der Waals surface area contributed by atoms with E-state index in [1.165, 1.54) is 12.1 Å². The highest BCUT2D eigenvalue weighted by atomic mass is 32.2. The van der Waals surface area contributed by atoms with Gasteiger partial charge in [-0.05, 0) is 36.8 Å². The summed E-state index contributed by atoms with van der Waals surface area (Å²) in [7, 11) is -3.84. The van der Waals surface area contributed by atoms with E-state index >= 15 is 0 Å². The number of unbranched alkanes of at least 4 members (excludes halogenated alkanes) is 1. The summed E-state index contributed by atoms with van der Waals surface area (Å²) in [4.78, 5) is 16.9. The van der Waals surface area contributed by atoms with E-state index in [9.17, 15) is 13.2 Å². The molecule has 0 aliphatic rings. The van der Waals surface area contributed by atoms with Crippen LogP contribution in [0.15, 0.2) is 57.8 Å². The van der Waals surface area contributed by atoms with Crippen molar-refractivity contribution in [1.29, 1.82) is 0 Å². The number of carbonyl (C=O) groups is 1. The first-order valence-corrected chi connectivity index (χ1v) is 11.1. The fourth-order valence-corrected chi connectivity index (χ4v) is 3.83. The minimum absolute atomic E-state index is 0.0130. The number of sulfonamides is 1. The van der Waals surface area contributed by atoms with E-state index < -0.39 is 16.0 Å². The monoisotopic (exact) mass is 427 g/mol. The molecule has 0 aliphatic carbocycles. The number of aryl methyl sites for hydroxylation is 1. The fraction of sp³-hybridized carbons (Fsp3) is 0.238. The number of primary sulfonamides is 1. The zero-order chi connectivity index (χ0) is 21.3. The number of hydrogen-bond acceptors (Lipinski definition) is 6. The largest absolute Gasteiger partial charge is 0.452 e. The molecule has 4 aromatic rings. The third-order valence-corrected chi connectivity index (χ3v) is 5.73. The molecule has 156 valence electrons. The number of benzene rings is 2. The minimum Gasteiger partial charge on any atom is -0.452 e. The topological polar surface area (TPSA) is 117 Å². The first kappa shape index (κ1) is 20.1. The average Bonchev–Trinajstić information content (AvgIpc) is 3.30. The maximum atomic E-state index is 12.5. The fourth-order valence-electron chi connectivity index (χ4n) is 3.30. The molecule has 0 atom stereocenters. The van der Waals surface area contributed by atoms with Gasteiger partial charge in [-0.1, -0.05) is 31.5 Å². The van der Waals surface area contributed by atoms with Crippen LogP contribution < -0.4 is 5.14 Å². The standard InChI is InChI=1S/C21H21N3O5S/c1-2-3-10-24-17-9-8-15(30(22,26)27)12-16(17)23-20(24)13-28-21(25)19-11-14-6-4-5-7-18(14)29-19/h4-9,11-12H,2-3,10,13H2,1H3,(H2,22,26,27). The molecule has 9 heteroatoms. The van der Waals surface area contributed by atoms with E-state index in [4.69, 9.17) is 14.3 Å². The molecule has 0 saturated heterocycles. The number of ether oxygens (including phenoxy) is 1. The molecular weight excluding hydrogens is 406 g/mol. The van der Waals surface area contributed by atoms with Gasteiger partial charge in [0.15, 0.2) is 0 Å². The molecule has 8 nitrogen and oxygen atoms in total. The number of esters is 1. The lowest BCUT2D eigenvalue weighted by atomic mass is 10.2. The van der Waals surface area contributed by atoms with Gasteiger partial charge < -0.3 is 13.7 Å². The SMILES string of the molecule is CCCCn1c(COC(=O)c2cc3ccccc3o2)nc2cc(S(N)(=O)=O)ccc21. The van der Waals surface area contributed by atoms with Crippen molar-refractivity contribution in [2.24, 2.45) is 5.14 Å². The highest BCUT2D eigenvalue weighted by Gasteiger charge is 2.18. The van der Waals surface area contributed by atoms with Gasteiger partial charge in [-0.25, -0.2) is 23.3 Å². The van der Waals surface area contributed by atoms with E-state index in [2.05, 4.69) is 11.9 Å². The Balaban J connectivity index is 1.62. The lowest BCUT2D eigenvalue weighted by Crippen LogP contribution is -2.12. The van der Waals surface area contributed by atoms with Gasteiger partial charge in [0.25, 0.3) is 0 Å². The molecule has 30 heavy (non-hydrogen) atoms. The Labute approximate surface area is 173 Å². The van der Waals surface area contributed by atoms with E-state index in [1.807, 2.05) is 22.8 Å². The van der Waals surface area contributed by atoms with Crippen molar-refractivity contribution in [2.75, 3.05) is 0 Å². The molecule has 2 N–H and O–H groups in total. The molecule has 0 amide bonds. The number of rotatable bonds is 7. The molecule has 0 spiro atoms. The Kier molecular flexibility index (Phi) is 5.31. The molecule has 0 unspecified atom stereocenters. The van der Waals surface area contributed by atoms with Crippen LogP contribution in [0.25, 0.3) is 22.0 Å². The maximum Gasteiger partial charge on any atom is 0.374 e. The Hall–Kier alpha value is -3.17. The average molecular weight is 427 g/mol. The second kappa shape index (κ2) is 7.92. The summed E-state index contributed by atoms with van der Waals surface area (Å²) < 4.78 is 36.2.